The van der Waals surface area contributed by atoms with Crippen molar-refractivity contribution in [3.63, 3.8) is 0 Å². The van der Waals surface area contributed by atoms with Crippen LogP contribution in [0, 0.1) is 6.92 Å². The van der Waals surface area contributed by atoms with E-state index in [0.717, 1.165) is 16.0 Å². The minimum Gasteiger partial charge on any atom is -0.357 e. The highest BCUT2D eigenvalue weighted by molar-refractivity contribution is 7.99. The zero-order chi connectivity index (χ0) is 18.9. The molecule has 138 valence electrons. The molecule has 4 nitrogen and oxygen atoms in total. The molecule has 26 heavy (non-hydrogen) atoms. The van der Waals surface area contributed by atoms with Crippen LogP contribution in [-0.4, -0.2) is 35.6 Å². The van der Waals surface area contributed by atoms with Gasteiger partial charge in [0, 0.05) is 30.7 Å². The molecule has 0 aliphatic heterocycles. The molecule has 0 saturated carbocycles. The number of thioether (sulfide) groups is 1. The lowest BCUT2D eigenvalue weighted by Gasteiger charge is -2.28. The minimum absolute atomic E-state index is 0.00830. The maximum absolute atomic E-state index is 12.8. The topological polar surface area (TPSA) is 49.4 Å². The van der Waals surface area contributed by atoms with Crippen LogP contribution in [-0.2, 0) is 16.1 Å². The SMILES string of the molecule is CNC(=O)[C@@H](C)N(Cc1cccc(C)c1)C(=O)CCSc1ccccc1. The molecule has 2 rings (SSSR count). The predicted molar refractivity (Wildman–Crippen MR) is 107 cm³/mol. The summed E-state index contributed by atoms with van der Waals surface area (Å²) >= 11 is 1.65. The van der Waals surface area contributed by atoms with E-state index in [2.05, 4.69) is 11.4 Å². The number of nitrogens with zero attached hydrogens (tertiary/aromatic N) is 1. The molecule has 2 aromatic rings. The first-order chi connectivity index (χ1) is 12.5. The zero-order valence-electron chi connectivity index (χ0n) is 15.6. The van der Waals surface area contributed by atoms with Gasteiger partial charge >= 0.3 is 0 Å². The first-order valence-electron chi connectivity index (χ1n) is 8.75. The molecule has 0 aliphatic rings. The molecular weight excluding hydrogens is 344 g/mol. The number of rotatable bonds is 8. The van der Waals surface area contributed by atoms with Crippen molar-refractivity contribution in [3.05, 3.63) is 65.7 Å². The highest BCUT2D eigenvalue weighted by atomic mass is 32.2. The molecule has 0 spiro atoms. The second-order valence-electron chi connectivity index (χ2n) is 6.21. The van der Waals surface area contributed by atoms with Gasteiger partial charge in [-0.3, -0.25) is 9.59 Å². The Morgan fingerprint density at radius 1 is 1.12 bits per heavy atom. The van der Waals surface area contributed by atoms with Gasteiger partial charge in [-0.15, -0.1) is 11.8 Å². The van der Waals surface area contributed by atoms with Gasteiger partial charge in [0.15, 0.2) is 0 Å². The van der Waals surface area contributed by atoms with Crippen molar-refractivity contribution in [3.8, 4) is 0 Å². The Labute approximate surface area is 160 Å². The normalized spacial score (nSPS) is 11.7. The Morgan fingerprint density at radius 2 is 1.85 bits per heavy atom. The molecule has 2 amide bonds. The summed E-state index contributed by atoms with van der Waals surface area (Å²) in [5.41, 5.74) is 2.17. The van der Waals surface area contributed by atoms with Crippen LogP contribution in [0.15, 0.2) is 59.5 Å². The van der Waals surface area contributed by atoms with Gasteiger partial charge in [-0.2, -0.15) is 0 Å². The van der Waals surface area contributed by atoms with Crippen molar-refractivity contribution < 1.29 is 9.59 Å². The molecule has 0 aromatic heterocycles. The number of hydrogen-bond acceptors (Lipinski definition) is 3. The standard InChI is InChI=1S/C21H26N2O2S/c1-16-8-7-9-18(14-16)15-23(17(2)21(25)22-3)20(24)12-13-26-19-10-5-4-6-11-19/h4-11,14,17H,12-13,15H2,1-3H3,(H,22,25)/t17-/m1/s1. The number of nitrogens with one attached hydrogen (secondary N) is 1. The average Bonchev–Trinajstić information content (AvgIpc) is 2.65. The summed E-state index contributed by atoms with van der Waals surface area (Å²) in [7, 11) is 1.60. The number of likely N-dealkylation sites (N-methyl/N-ethyl adjacent to an activating group) is 1. The van der Waals surface area contributed by atoms with Crippen LogP contribution >= 0.6 is 11.8 Å². The van der Waals surface area contributed by atoms with Crippen LogP contribution in [0.3, 0.4) is 0 Å². The largest absolute Gasteiger partial charge is 0.357 e. The fourth-order valence-electron chi connectivity index (χ4n) is 2.72. The summed E-state index contributed by atoms with van der Waals surface area (Å²) < 4.78 is 0. The lowest BCUT2D eigenvalue weighted by atomic mass is 10.1. The van der Waals surface area contributed by atoms with Crippen LogP contribution in [0.1, 0.15) is 24.5 Å². The third-order valence-corrected chi connectivity index (χ3v) is 5.19. The maximum atomic E-state index is 12.8. The third kappa shape index (κ3) is 5.92. The van der Waals surface area contributed by atoms with Crippen molar-refractivity contribution in [2.24, 2.45) is 0 Å². The maximum Gasteiger partial charge on any atom is 0.242 e. The third-order valence-electron chi connectivity index (χ3n) is 4.18. The monoisotopic (exact) mass is 370 g/mol. The summed E-state index contributed by atoms with van der Waals surface area (Å²) in [4.78, 5) is 27.7. The van der Waals surface area contributed by atoms with Crippen molar-refractivity contribution in [1.82, 2.24) is 10.2 Å². The van der Waals surface area contributed by atoms with Crippen LogP contribution in [0.4, 0.5) is 0 Å². The first kappa shape index (κ1) is 20.0. The van der Waals surface area contributed by atoms with E-state index >= 15 is 0 Å². The summed E-state index contributed by atoms with van der Waals surface area (Å²) in [5, 5.41) is 2.64. The van der Waals surface area contributed by atoms with Gasteiger partial charge in [-0.1, -0.05) is 48.0 Å². The summed E-state index contributed by atoms with van der Waals surface area (Å²) in [6.07, 6.45) is 0.396. The summed E-state index contributed by atoms with van der Waals surface area (Å²) in [6.45, 7) is 4.23. The van der Waals surface area contributed by atoms with Crippen LogP contribution < -0.4 is 5.32 Å². The fourth-order valence-corrected chi connectivity index (χ4v) is 3.58. The molecule has 1 N–H and O–H groups in total. The van der Waals surface area contributed by atoms with Gasteiger partial charge in [0.1, 0.15) is 6.04 Å². The number of amides is 2. The Bertz CT molecular complexity index is 734. The van der Waals surface area contributed by atoms with E-state index in [9.17, 15) is 9.59 Å². The number of aryl methyl sites for hydroxylation is 1. The second kappa shape index (κ2) is 10.0. The van der Waals surface area contributed by atoms with E-state index < -0.39 is 6.04 Å². The molecule has 0 bridgehead atoms. The van der Waals surface area contributed by atoms with Crippen LogP contribution in [0.5, 0.6) is 0 Å². The van der Waals surface area contributed by atoms with E-state index in [1.807, 2.05) is 55.5 Å². The molecule has 0 saturated heterocycles. The average molecular weight is 371 g/mol. The van der Waals surface area contributed by atoms with Crippen LogP contribution in [0.25, 0.3) is 0 Å². The van der Waals surface area contributed by atoms with Gasteiger partial charge < -0.3 is 10.2 Å². The second-order valence-corrected chi connectivity index (χ2v) is 7.38. The van der Waals surface area contributed by atoms with E-state index in [1.54, 1.807) is 30.6 Å². The molecular formula is C21H26N2O2S. The first-order valence-corrected chi connectivity index (χ1v) is 9.74. The van der Waals surface area contributed by atoms with Gasteiger partial charge in [0.25, 0.3) is 0 Å². The molecule has 1 atom stereocenters. The van der Waals surface area contributed by atoms with Crippen molar-refractivity contribution in [2.75, 3.05) is 12.8 Å². The van der Waals surface area contributed by atoms with Crippen molar-refractivity contribution >= 4 is 23.6 Å². The zero-order valence-corrected chi connectivity index (χ0v) is 16.4. The van der Waals surface area contributed by atoms with E-state index in [4.69, 9.17) is 0 Å². The number of benzene rings is 2. The van der Waals surface area contributed by atoms with Gasteiger partial charge in [0.2, 0.25) is 11.8 Å². The molecule has 0 radical (unpaired) electrons. The Balaban J connectivity index is 2.04. The molecule has 0 fully saturated rings. The fraction of sp³-hybridized carbons (Fsp3) is 0.333. The predicted octanol–water partition coefficient (Wildman–Crippen LogP) is 3.64. The number of carbonyl (C=O) groups is 2. The van der Waals surface area contributed by atoms with Crippen molar-refractivity contribution in [2.45, 2.75) is 37.8 Å². The highest BCUT2D eigenvalue weighted by Crippen LogP contribution is 2.19. The Morgan fingerprint density at radius 3 is 2.50 bits per heavy atom. The van der Waals surface area contributed by atoms with Crippen LogP contribution in [0.2, 0.25) is 0 Å². The number of hydrogen-bond donors (Lipinski definition) is 1. The van der Waals surface area contributed by atoms with E-state index in [-0.39, 0.29) is 11.8 Å². The summed E-state index contributed by atoms with van der Waals surface area (Å²) in [6, 6.07) is 17.6. The lowest BCUT2D eigenvalue weighted by molar-refractivity contribution is -0.140. The molecule has 0 heterocycles. The molecule has 2 aromatic carbocycles. The molecule has 0 unspecified atom stereocenters. The molecule has 0 aliphatic carbocycles. The minimum atomic E-state index is -0.505. The Kier molecular flexibility index (Phi) is 7.73. The van der Waals surface area contributed by atoms with Gasteiger partial charge in [-0.25, -0.2) is 0 Å². The Hall–Kier alpha value is -2.27. The van der Waals surface area contributed by atoms with E-state index in [0.29, 0.717) is 18.7 Å². The summed E-state index contributed by atoms with van der Waals surface area (Å²) in [5.74, 6) is 0.529. The molecule has 5 heteroatoms. The quantitative estimate of drug-likeness (QED) is 0.722. The van der Waals surface area contributed by atoms with Gasteiger partial charge in [-0.05, 0) is 31.5 Å². The van der Waals surface area contributed by atoms with E-state index in [1.165, 1.54) is 0 Å². The van der Waals surface area contributed by atoms with Gasteiger partial charge in [0.05, 0.1) is 0 Å². The smallest absolute Gasteiger partial charge is 0.242 e. The number of carbonyl (C=O) groups excluding carboxylic acids is 2. The van der Waals surface area contributed by atoms with Crippen molar-refractivity contribution in [1.29, 1.82) is 0 Å². The lowest BCUT2D eigenvalue weighted by Crippen LogP contribution is -2.46. The highest BCUT2D eigenvalue weighted by Gasteiger charge is 2.25.